The van der Waals surface area contributed by atoms with Gasteiger partial charge in [-0.15, -0.1) is 0 Å². The van der Waals surface area contributed by atoms with Gasteiger partial charge in [-0.3, -0.25) is 0 Å². The minimum absolute atomic E-state index is 0.0746. The van der Waals surface area contributed by atoms with Crippen molar-refractivity contribution in [3.8, 4) is 5.88 Å². The first-order valence-corrected chi connectivity index (χ1v) is 5.17. The maximum absolute atomic E-state index is 5.67. The fourth-order valence-electron chi connectivity index (χ4n) is 2.52. The molecule has 1 fully saturated rings. The van der Waals surface area contributed by atoms with Gasteiger partial charge in [0.1, 0.15) is 11.9 Å². The third-order valence-electron chi connectivity index (χ3n) is 3.48. The van der Waals surface area contributed by atoms with E-state index in [1.165, 1.54) is 5.56 Å². The van der Waals surface area contributed by atoms with E-state index < -0.39 is 0 Å². The first kappa shape index (κ1) is 8.97. The van der Waals surface area contributed by atoms with Crippen molar-refractivity contribution in [3.63, 3.8) is 0 Å². The Hall–Kier alpha value is -1.29. The molecule has 2 aliphatic heterocycles. The molecule has 2 aliphatic rings. The number of hydrogen-bond donors (Lipinski definition) is 1. The minimum atomic E-state index is 0.0746. The highest BCUT2D eigenvalue weighted by Crippen LogP contribution is 2.49. The summed E-state index contributed by atoms with van der Waals surface area (Å²) in [5.74, 6) is 0.659. The van der Waals surface area contributed by atoms with Crippen molar-refractivity contribution in [2.24, 2.45) is 0 Å². The van der Waals surface area contributed by atoms with Crippen LogP contribution in [0.1, 0.15) is 18.9 Å². The highest BCUT2D eigenvalue weighted by atomic mass is 16.5. The van der Waals surface area contributed by atoms with Crippen LogP contribution in [0.5, 0.6) is 5.88 Å². The van der Waals surface area contributed by atoms with E-state index in [-0.39, 0.29) is 11.6 Å². The number of anilines is 1. The fraction of sp³-hybridized carbons (Fsp3) is 0.545. The molecule has 3 heterocycles. The molecule has 0 saturated carbocycles. The minimum Gasteiger partial charge on any atom is -0.480 e. The zero-order valence-corrected chi connectivity index (χ0v) is 8.91. The van der Waals surface area contributed by atoms with Crippen molar-refractivity contribution in [2.45, 2.75) is 25.0 Å². The zero-order chi connectivity index (χ0) is 10.5. The van der Waals surface area contributed by atoms with Gasteiger partial charge in [-0.2, -0.15) is 0 Å². The Morgan fingerprint density at radius 2 is 2.53 bits per heavy atom. The molecule has 4 nitrogen and oxygen atoms in total. The molecular formula is C11H14N2O2. The largest absolute Gasteiger partial charge is 0.480 e. The second-order valence-corrected chi connectivity index (χ2v) is 4.31. The lowest BCUT2D eigenvalue weighted by molar-refractivity contribution is 0.112. The van der Waals surface area contributed by atoms with Gasteiger partial charge in [0.15, 0.2) is 0 Å². The maximum Gasteiger partial charge on any atom is 0.237 e. The van der Waals surface area contributed by atoms with Crippen LogP contribution in [0.15, 0.2) is 12.3 Å². The van der Waals surface area contributed by atoms with E-state index >= 15 is 0 Å². The van der Waals surface area contributed by atoms with Crippen LogP contribution < -0.4 is 10.1 Å². The average Bonchev–Trinajstić information content (AvgIpc) is 2.72. The molecule has 0 spiro atoms. The molecule has 15 heavy (non-hydrogen) atoms. The Balaban J connectivity index is 2.15. The lowest BCUT2D eigenvalue weighted by Gasteiger charge is -2.21. The average molecular weight is 206 g/mol. The number of nitrogens with zero attached hydrogens (tertiary/aromatic N) is 1. The van der Waals surface area contributed by atoms with E-state index in [0.717, 1.165) is 18.7 Å². The normalized spacial score (nSPS) is 32.0. The number of methoxy groups -OCH3 is 1. The van der Waals surface area contributed by atoms with Gasteiger partial charge in [-0.1, -0.05) is 6.92 Å². The summed E-state index contributed by atoms with van der Waals surface area (Å²) < 4.78 is 10.9. The molecule has 0 unspecified atom stereocenters. The number of fused-ring (bicyclic) bond motifs is 3. The van der Waals surface area contributed by atoms with Crippen molar-refractivity contribution in [2.75, 3.05) is 19.0 Å². The third-order valence-corrected chi connectivity index (χ3v) is 3.48. The molecular weight excluding hydrogens is 192 g/mol. The highest BCUT2D eigenvalue weighted by Gasteiger charge is 2.48. The monoisotopic (exact) mass is 206 g/mol. The van der Waals surface area contributed by atoms with E-state index in [9.17, 15) is 0 Å². The fourth-order valence-corrected chi connectivity index (χ4v) is 2.52. The Labute approximate surface area is 88.6 Å². The first-order valence-electron chi connectivity index (χ1n) is 5.17. The summed E-state index contributed by atoms with van der Waals surface area (Å²) in [5.41, 5.74) is 2.33. The van der Waals surface area contributed by atoms with Crippen molar-refractivity contribution >= 4 is 5.69 Å². The summed E-state index contributed by atoms with van der Waals surface area (Å²) in [4.78, 5) is 4.19. The summed E-state index contributed by atoms with van der Waals surface area (Å²) in [6.07, 6.45) is 2.92. The highest BCUT2D eigenvalue weighted by molar-refractivity contribution is 5.67. The molecule has 0 radical (unpaired) electrons. The molecule has 2 atom stereocenters. The van der Waals surface area contributed by atoms with Gasteiger partial charge < -0.3 is 14.8 Å². The Morgan fingerprint density at radius 1 is 1.67 bits per heavy atom. The number of pyridine rings is 1. The molecule has 0 amide bonds. The predicted molar refractivity (Wildman–Crippen MR) is 56.1 cm³/mol. The van der Waals surface area contributed by atoms with Gasteiger partial charge in [0.25, 0.3) is 0 Å². The lowest BCUT2D eigenvalue weighted by Crippen LogP contribution is -2.31. The third kappa shape index (κ3) is 1.03. The van der Waals surface area contributed by atoms with Gasteiger partial charge in [-0.25, -0.2) is 4.98 Å². The van der Waals surface area contributed by atoms with Crippen LogP contribution >= 0.6 is 0 Å². The van der Waals surface area contributed by atoms with Gasteiger partial charge in [0.2, 0.25) is 5.88 Å². The van der Waals surface area contributed by atoms with Crippen molar-refractivity contribution < 1.29 is 9.47 Å². The van der Waals surface area contributed by atoms with Gasteiger partial charge in [0.05, 0.1) is 13.7 Å². The summed E-state index contributed by atoms with van der Waals surface area (Å²) in [7, 11) is 1.64. The van der Waals surface area contributed by atoms with Crippen LogP contribution in [0.4, 0.5) is 5.69 Å². The maximum atomic E-state index is 5.67. The van der Waals surface area contributed by atoms with Crippen LogP contribution in [-0.2, 0) is 10.2 Å². The molecule has 1 aromatic heterocycles. The van der Waals surface area contributed by atoms with Crippen LogP contribution in [0.3, 0.4) is 0 Å². The topological polar surface area (TPSA) is 43.4 Å². The Kier molecular flexibility index (Phi) is 1.71. The summed E-state index contributed by atoms with van der Waals surface area (Å²) >= 11 is 0. The molecule has 1 N–H and O–H groups in total. The van der Waals surface area contributed by atoms with Crippen molar-refractivity contribution in [3.05, 3.63) is 17.8 Å². The Morgan fingerprint density at radius 3 is 3.33 bits per heavy atom. The first-order chi connectivity index (χ1) is 7.25. The van der Waals surface area contributed by atoms with Crippen LogP contribution in [0, 0.1) is 0 Å². The molecule has 0 bridgehead atoms. The molecule has 1 aromatic rings. The van der Waals surface area contributed by atoms with Crippen LogP contribution in [-0.4, -0.2) is 24.9 Å². The van der Waals surface area contributed by atoms with E-state index in [1.807, 2.05) is 0 Å². The van der Waals surface area contributed by atoms with E-state index in [2.05, 4.69) is 23.3 Å². The zero-order valence-electron chi connectivity index (χ0n) is 8.91. The molecule has 1 saturated heterocycles. The SMILES string of the molecule is COc1nccc2c1N[C@H]1OCC[C@@]21C. The molecule has 3 rings (SSSR count). The lowest BCUT2D eigenvalue weighted by atomic mass is 9.82. The summed E-state index contributed by atoms with van der Waals surface area (Å²) in [5, 5.41) is 3.35. The van der Waals surface area contributed by atoms with Crippen molar-refractivity contribution in [1.82, 2.24) is 4.98 Å². The van der Waals surface area contributed by atoms with Gasteiger partial charge >= 0.3 is 0 Å². The number of ether oxygens (including phenoxy) is 2. The smallest absolute Gasteiger partial charge is 0.237 e. The molecule has 0 aromatic carbocycles. The molecule has 4 heteroatoms. The van der Waals surface area contributed by atoms with Crippen molar-refractivity contribution in [1.29, 1.82) is 0 Å². The molecule has 0 aliphatic carbocycles. The van der Waals surface area contributed by atoms with Crippen LogP contribution in [0.25, 0.3) is 0 Å². The van der Waals surface area contributed by atoms with E-state index in [4.69, 9.17) is 9.47 Å². The van der Waals surface area contributed by atoms with Crippen LogP contribution in [0.2, 0.25) is 0 Å². The summed E-state index contributed by atoms with van der Waals surface area (Å²) in [6, 6.07) is 2.06. The number of rotatable bonds is 1. The Bertz CT molecular complexity index is 408. The van der Waals surface area contributed by atoms with Gasteiger partial charge in [0, 0.05) is 11.6 Å². The quantitative estimate of drug-likeness (QED) is 0.756. The number of hydrogen-bond acceptors (Lipinski definition) is 4. The molecule has 80 valence electrons. The predicted octanol–water partition coefficient (Wildman–Crippen LogP) is 1.52. The van der Waals surface area contributed by atoms with Gasteiger partial charge in [-0.05, 0) is 18.1 Å². The summed E-state index contributed by atoms with van der Waals surface area (Å²) in [6.45, 7) is 3.04. The standard InChI is InChI=1S/C11H14N2O2/c1-11-4-6-15-10(11)13-8-7(11)3-5-12-9(8)14-2/h3,5,10,13H,4,6H2,1-2H3/t10-,11-/m0/s1. The van der Waals surface area contributed by atoms with E-state index in [1.54, 1.807) is 13.3 Å². The number of aromatic nitrogens is 1. The second-order valence-electron chi connectivity index (χ2n) is 4.31. The van der Waals surface area contributed by atoms with E-state index in [0.29, 0.717) is 5.88 Å². The second kappa shape index (κ2) is 2.85. The number of nitrogens with one attached hydrogen (secondary N) is 1.